The van der Waals surface area contributed by atoms with Gasteiger partial charge in [-0.15, -0.1) is 0 Å². The minimum absolute atomic E-state index is 0.239. The van der Waals surface area contributed by atoms with Crippen LogP contribution < -0.4 is 11.3 Å². The van der Waals surface area contributed by atoms with E-state index in [0.717, 1.165) is 17.4 Å². The van der Waals surface area contributed by atoms with Gasteiger partial charge in [0.15, 0.2) is 0 Å². The van der Waals surface area contributed by atoms with Gasteiger partial charge in [0.1, 0.15) is 0 Å². The van der Waals surface area contributed by atoms with Crippen molar-refractivity contribution in [1.29, 1.82) is 0 Å². The monoisotopic (exact) mass is 238 g/mol. The second-order valence-electron chi connectivity index (χ2n) is 4.81. The zero-order valence-corrected chi connectivity index (χ0v) is 10.4. The van der Waals surface area contributed by atoms with Crippen molar-refractivity contribution >= 4 is 11.6 Å². The Hall–Kier alpha value is -0.570. The molecule has 0 aliphatic heterocycles. The van der Waals surface area contributed by atoms with Gasteiger partial charge in [0.25, 0.3) is 0 Å². The first-order valence-corrected chi connectivity index (χ1v) is 6.30. The predicted octanol–water partition coefficient (Wildman–Crippen LogP) is 3.34. The fraction of sp³-hybridized carbons (Fsp3) is 0.538. The van der Waals surface area contributed by atoms with Crippen LogP contribution in [0.1, 0.15) is 42.9 Å². The number of halogens is 1. The lowest BCUT2D eigenvalue weighted by molar-refractivity contribution is 0.262. The summed E-state index contributed by atoms with van der Waals surface area (Å²) in [4.78, 5) is 0. The lowest BCUT2D eigenvalue weighted by Gasteiger charge is -2.29. The van der Waals surface area contributed by atoms with Crippen LogP contribution in [0.5, 0.6) is 0 Å². The van der Waals surface area contributed by atoms with Gasteiger partial charge in [0, 0.05) is 11.1 Å². The number of rotatable bonds is 4. The molecule has 0 aromatic heterocycles. The van der Waals surface area contributed by atoms with Gasteiger partial charge in [-0.1, -0.05) is 36.9 Å². The van der Waals surface area contributed by atoms with Crippen molar-refractivity contribution in [3.63, 3.8) is 0 Å². The molecule has 88 valence electrons. The SMILES string of the molecule is Cc1cc(Cl)cc(C(CC2CCC2)NN)c1. The molecule has 0 amide bonds. The molecule has 0 spiro atoms. The fourth-order valence-electron chi connectivity index (χ4n) is 2.33. The Kier molecular flexibility index (Phi) is 3.85. The predicted molar refractivity (Wildman–Crippen MR) is 68.2 cm³/mol. The molecule has 2 rings (SSSR count). The van der Waals surface area contributed by atoms with E-state index in [1.807, 2.05) is 12.1 Å². The molecular formula is C13H19ClN2. The molecule has 3 heteroatoms. The van der Waals surface area contributed by atoms with E-state index >= 15 is 0 Å². The van der Waals surface area contributed by atoms with Crippen LogP contribution in [-0.4, -0.2) is 0 Å². The summed E-state index contributed by atoms with van der Waals surface area (Å²) in [6.45, 7) is 2.06. The summed E-state index contributed by atoms with van der Waals surface area (Å²) in [5, 5.41) is 0.795. The molecule has 16 heavy (non-hydrogen) atoms. The van der Waals surface area contributed by atoms with Crippen molar-refractivity contribution in [2.24, 2.45) is 11.8 Å². The molecule has 1 saturated carbocycles. The molecule has 2 nitrogen and oxygen atoms in total. The van der Waals surface area contributed by atoms with E-state index in [9.17, 15) is 0 Å². The number of nitrogens with two attached hydrogens (primary N) is 1. The van der Waals surface area contributed by atoms with E-state index < -0.39 is 0 Å². The number of benzene rings is 1. The smallest absolute Gasteiger partial charge is 0.0463 e. The number of hydrogen-bond donors (Lipinski definition) is 2. The van der Waals surface area contributed by atoms with Gasteiger partial charge in [0.2, 0.25) is 0 Å². The van der Waals surface area contributed by atoms with Crippen LogP contribution in [0, 0.1) is 12.8 Å². The first kappa shape index (κ1) is 11.9. The Morgan fingerprint density at radius 2 is 2.19 bits per heavy atom. The molecule has 3 N–H and O–H groups in total. The molecule has 0 bridgehead atoms. The highest BCUT2D eigenvalue weighted by molar-refractivity contribution is 6.30. The lowest BCUT2D eigenvalue weighted by Crippen LogP contribution is -2.31. The van der Waals surface area contributed by atoms with Crippen LogP contribution in [0.2, 0.25) is 5.02 Å². The fourth-order valence-corrected chi connectivity index (χ4v) is 2.63. The van der Waals surface area contributed by atoms with Crippen LogP contribution in [0.15, 0.2) is 18.2 Å². The minimum Gasteiger partial charge on any atom is -0.271 e. The van der Waals surface area contributed by atoms with Gasteiger partial charge >= 0.3 is 0 Å². The highest BCUT2D eigenvalue weighted by Crippen LogP contribution is 2.35. The maximum Gasteiger partial charge on any atom is 0.0463 e. The third kappa shape index (κ3) is 2.76. The summed E-state index contributed by atoms with van der Waals surface area (Å²) in [5.74, 6) is 6.47. The third-order valence-electron chi connectivity index (χ3n) is 3.46. The molecule has 0 radical (unpaired) electrons. The van der Waals surface area contributed by atoms with Crippen molar-refractivity contribution in [1.82, 2.24) is 5.43 Å². The summed E-state index contributed by atoms with van der Waals surface area (Å²) < 4.78 is 0. The Balaban J connectivity index is 2.11. The molecule has 1 aromatic rings. The summed E-state index contributed by atoms with van der Waals surface area (Å²) >= 11 is 6.07. The largest absolute Gasteiger partial charge is 0.271 e. The topological polar surface area (TPSA) is 38.0 Å². The van der Waals surface area contributed by atoms with E-state index in [0.29, 0.717) is 0 Å². The third-order valence-corrected chi connectivity index (χ3v) is 3.68. The van der Waals surface area contributed by atoms with Gasteiger partial charge in [-0.3, -0.25) is 11.3 Å². The van der Waals surface area contributed by atoms with E-state index in [4.69, 9.17) is 17.4 Å². The molecule has 1 fully saturated rings. The molecule has 1 atom stereocenters. The van der Waals surface area contributed by atoms with E-state index in [1.54, 1.807) is 0 Å². The average Bonchev–Trinajstić information content (AvgIpc) is 2.14. The first-order valence-electron chi connectivity index (χ1n) is 5.92. The molecule has 0 saturated heterocycles. The van der Waals surface area contributed by atoms with E-state index in [-0.39, 0.29) is 6.04 Å². The Labute approximate surface area is 102 Å². The summed E-state index contributed by atoms with van der Waals surface area (Å²) in [6.07, 6.45) is 5.18. The zero-order chi connectivity index (χ0) is 11.5. The molecule has 0 heterocycles. The first-order chi connectivity index (χ1) is 7.69. The van der Waals surface area contributed by atoms with Crippen LogP contribution >= 0.6 is 11.6 Å². The molecule has 1 aromatic carbocycles. The Bertz CT molecular complexity index is 341. The zero-order valence-electron chi connectivity index (χ0n) is 9.67. The molecule has 1 unspecified atom stereocenters. The Morgan fingerprint density at radius 3 is 2.69 bits per heavy atom. The lowest BCUT2D eigenvalue weighted by atomic mass is 9.79. The number of nitrogens with one attached hydrogen (secondary N) is 1. The maximum absolute atomic E-state index is 6.07. The second-order valence-corrected chi connectivity index (χ2v) is 5.25. The van der Waals surface area contributed by atoms with Gasteiger partial charge in [-0.25, -0.2) is 0 Å². The van der Waals surface area contributed by atoms with Crippen LogP contribution in [0.4, 0.5) is 0 Å². The highest BCUT2D eigenvalue weighted by Gasteiger charge is 2.22. The van der Waals surface area contributed by atoms with Crippen molar-refractivity contribution in [3.05, 3.63) is 34.3 Å². The van der Waals surface area contributed by atoms with Crippen LogP contribution in [0.3, 0.4) is 0 Å². The quantitative estimate of drug-likeness (QED) is 0.624. The van der Waals surface area contributed by atoms with Crippen molar-refractivity contribution < 1.29 is 0 Å². The average molecular weight is 239 g/mol. The van der Waals surface area contributed by atoms with Gasteiger partial charge < -0.3 is 0 Å². The van der Waals surface area contributed by atoms with Crippen LogP contribution in [0.25, 0.3) is 0 Å². The molecule has 1 aliphatic carbocycles. The highest BCUT2D eigenvalue weighted by atomic mass is 35.5. The number of hydrogen-bond acceptors (Lipinski definition) is 2. The Morgan fingerprint density at radius 1 is 1.44 bits per heavy atom. The second kappa shape index (κ2) is 5.17. The number of aryl methyl sites for hydroxylation is 1. The normalized spacial score (nSPS) is 18.2. The molecule has 1 aliphatic rings. The van der Waals surface area contributed by atoms with Crippen molar-refractivity contribution in [2.45, 2.75) is 38.6 Å². The summed E-state index contributed by atoms with van der Waals surface area (Å²) in [6, 6.07) is 6.39. The summed E-state index contributed by atoms with van der Waals surface area (Å²) in [5.41, 5.74) is 5.31. The number of hydrazine groups is 1. The van der Waals surface area contributed by atoms with Gasteiger partial charge in [0.05, 0.1) is 0 Å². The van der Waals surface area contributed by atoms with Crippen LogP contribution in [-0.2, 0) is 0 Å². The van der Waals surface area contributed by atoms with Gasteiger partial charge in [-0.05, 0) is 42.5 Å². The standard InChI is InChI=1S/C13H19ClN2/c1-9-5-11(8-12(14)6-9)13(16-15)7-10-3-2-4-10/h5-6,8,10,13,16H,2-4,7,15H2,1H3. The van der Waals surface area contributed by atoms with Crippen molar-refractivity contribution in [3.8, 4) is 0 Å². The maximum atomic E-state index is 6.07. The summed E-state index contributed by atoms with van der Waals surface area (Å²) in [7, 11) is 0. The van der Waals surface area contributed by atoms with Crippen molar-refractivity contribution in [2.75, 3.05) is 0 Å². The minimum atomic E-state index is 0.239. The van der Waals surface area contributed by atoms with Gasteiger partial charge in [-0.2, -0.15) is 0 Å². The van der Waals surface area contributed by atoms with E-state index in [1.165, 1.54) is 30.4 Å². The van der Waals surface area contributed by atoms with E-state index in [2.05, 4.69) is 18.4 Å². The molecular weight excluding hydrogens is 220 g/mol.